The van der Waals surface area contributed by atoms with E-state index in [9.17, 15) is 26.0 Å². The second-order valence-corrected chi connectivity index (χ2v) is 11.5. The Bertz CT molecular complexity index is 1140. The quantitative estimate of drug-likeness (QED) is 0.539. The predicted molar refractivity (Wildman–Crippen MR) is 123 cm³/mol. The van der Waals surface area contributed by atoms with Gasteiger partial charge in [-0.05, 0) is 42.5 Å². The van der Waals surface area contributed by atoms with Gasteiger partial charge in [0, 0.05) is 37.3 Å². The van der Waals surface area contributed by atoms with E-state index in [1.54, 1.807) is 4.90 Å². The first-order valence-electron chi connectivity index (χ1n) is 11.1. The van der Waals surface area contributed by atoms with E-state index in [1.807, 2.05) is 32.6 Å². The Labute approximate surface area is 197 Å². The van der Waals surface area contributed by atoms with Crippen LogP contribution in [0.3, 0.4) is 0 Å². The van der Waals surface area contributed by atoms with Crippen molar-refractivity contribution >= 4 is 21.5 Å². The van der Waals surface area contributed by atoms with Gasteiger partial charge in [-0.3, -0.25) is 0 Å². The van der Waals surface area contributed by atoms with Gasteiger partial charge in [0.25, 0.3) is 0 Å². The molecule has 0 aliphatic carbocycles. The second kappa shape index (κ2) is 9.67. The summed E-state index contributed by atoms with van der Waals surface area (Å²) in [5, 5.41) is 0. The smallest absolute Gasteiger partial charge is 0.368 e. The maximum atomic E-state index is 14.1. The fourth-order valence-electron chi connectivity index (χ4n) is 4.12. The molecule has 1 aliphatic heterocycles. The largest absolute Gasteiger partial charge is 0.433 e. The first kappa shape index (κ1) is 26.2. The van der Waals surface area contributed by atoms with Crippen molar-refractivity contribution in [1.29, 1.82) is 0 Å². The standard InChI is InChI=1S/C23H30F4N4O2S/c1-14(2)10-16-11-21(23(25,26)27)29-22(28-16)31-9-8-30(13-19(31)15(3)4)17-6-7-18(24)20(12-17)34(5,32)33/h6-7,11-12,14-15,19H,8-10,13H2,1-5H3/t19-/m0/s1. The first-order chi connectivity index (χ1) is 15.7. The summed E-state index contributed by atoms with van der Waals surface area (Å²) in [6.07, 6.45) is -3.24. The fraction of sp³-hybridized carbons (Fsp3) is 0.565. The Hall–Kier alpha value is -2.43. The molecule has 0 radical (unpaired) electrons. The van der Waals surface area contributed by atoms with Crippen LogP contribution in [0.4, 0.5) is 29.2 Å². The molecule has 1 saturated heterocycles. The van der Waals surface area contributed by atoms with Crippen molar-refractivity contribution in [2.24, 2.45) is 11.8 Å². The van der Waals surface area contributed by atoms with E-state index in [4.69, 9.17) is 0 Å². The summed E-state index contributed by atoms with van der Waals surface area (Å²) in [5.74, 6) is -0.617. The molecule has 1 atom stereocenters. The molecular formula is C23H30F4N4O2S. The van der Waals surface area contributed by atoms with Crippen molar-refractivity contribution in [3.05, 3.63) is 41.5 Å². The topological polar surface area (TPSA) is 66.4 Å². The van der Waals surface area contributed by atoms with Crippen LogP contribution >= 0.6 is 0 Å². The molecule has 2 heterocycles. The van der Waals surface area contributed by atoms with Crippen molar-refractivity contribution in [3.63, 3.8) is 0 Å². The zero-order valence-corrected chi connectivity index (χ0v) is 20.7. The molecule has 188 valence electrons. The van der Waals surface area contributed by atoms with Gasteiger partial charge in [0.1, 0.15) is 16.4 Å². The lowest BCUT2D eigenvalue weighted by Gasteiger charge is -2.44. The Morgan fingerprint density at radius 1 is 1.09 bits per heavy atom. The van der Waals surface area contributed by atoms with Crippen LogP contribution in [0.15, 0.2) is 29.2 Å². The number of rotatable bonds is 6. The lowest BCUT2D eigenvalue weighted by molar-refractivity contribution is -0.141. The molecule has 1 fully saturated rings. The summed E-state index contributed by atoms with van der Waals surface area (Å²) < 4.78 is 78.6. The third-order valence-electron chi connectivity index (χ3n) is 5.80. The van der Waals surface area contributed by atoms with Crippen LogP contribution in [0.2, 0.25) is 0 Å². The van der Waals surface area contributed by atoms with Gasteiger partial charge in [-0.15, -0.1) is 0 Å². The number of benzene rings is 1. The number of piperazine rings is 1. The molecule has 0 amide bonds. The third kappa shape index (κ3) is 5.97. The number of hydrogen-bond acceptors (Lipinski definition) is 6. The van der Waals surface area contributed by atoms with Crippen molar-refractivity contribution < 1.29 is 26.0 Å². The van der Waals surface area contributed by atoms with Gasteiger partial charge in [0.15, 0.2) is 9.84 Å². The number of sulfone groups is 1. The summed E-state index contributed by atoms with van der Waals surface area (Å²) >= 11 is 0. The highest BCUT2D eigenvalue weighted by Gasteiger charge is 2.37. The highest BCUT2D eigenvalue weighted by molar-refractivity contribution is 7.90. The molecule has 0 saturated carbocycles. The summed E-state index contributed by atoms with van der Waals surface area (Å²) in [6, 6.07) is 4.71. The molecular weight excluding hydrogens is 472 g/mol. The van der Waals surface area contributed by atoms with Gasteiger partial charge in [0.05, 0.1) is 6.04 Å². The molecule has 11 heteroatoms. The predicted octanol–water partition coefficient (Wildman–Crippen LogP) is 4.59. The normalized spacial score (nSPS) is 17.7. The van der Waals surface area contributed by atoms with E-state index in [0.29, 0.717) is 37.4 Å². The number of hydrogen-bond donors (Lipinski definition) is 0. The van der Waals surface area contributed by atoms with Crippen LogP contribution in [-0.4, -0.2) is 50.3 Å². The Morgan fingerprint density at radius 2 is 1.76 bits per heavy atom. The highest BCUT2D eigenvalue weighted by Crippen LogP contribution is 2.32. The Kier molecular flexibility index (Phi) is 7.45. The molecule has 2 aromatic rings. The van der Waals surface area contributed by atoms with E-state index in [1.165, 1.54) is 12.1 Å². The average molecular weight is 503 g/mol. The van der Waals surface area contributed by atoms with Crippen LogP contribution in [0.5, 0.6) is 0 Å². The molecule has 6 nitrogen and oxygen atoms in total. The minimum Gasteiger partial charge on any atom is -0.368 e. The molecule has 0 spiro atoms. The van der Waals surface area contributed by atoms with Crippen LogP contribution in [-0.2, 0) is 22.4 Å². The third-order valence-corrected chi connectivity index (χ3v) is 6.91. The van der Waals surface area contributed by atoms with E-state index in [-0.39, 0.29) is 28.7 Å². The van der Waals surface area contributed by atoms with Gasteiger partial charge in [-0.25, -0.2) is 22.8 Å². The van der Waals surface area contributed by atoms with Gasteiger partial charge in [0.2, 0.25) is 5.95 Å². The van der Waals surface area contributed by atoms with Crippen molar-refractivity contribution in [3.8, 4) is 0 Å². The molecule has 34 heavy (non-hydrogen) atoms. The van der Waals surface area contributed by atoms with Crippen LogP contribution < -0.4 is 9.80 Å². The lowest BCUT2D eigenvalue weighted by atomic mass is 9.99. The maximum Gasteiger partial charge on any atom is 0.433 e. The number of halogens is 4. The molecule has 0 bridgehead atoms. The Morgan fingerprint density at radius 3 is 2.32 bits per heavy atom. The SMILES string of the molecule is CC(C)Cc1cc(C(F)(F)F)nc(N2CCN(c3ccc(F)c(S(C)(=O)=O)c3)C[C@H]2C(C)C)n1. The second-order valence-electron chi connectivity index (χ2n) is 9.48. The van der Waals surface area contributed by atoms with E-state index < -0.39 is 27.5 Å². The lowest BCUT2D eigenvalue weighted by Crippen LogP contribution is -2.56. The van der Waals surface area contributed by atoms with E-state index in [0.717, 1.165) is 18.4 Å². The summed E-state index contributed by atoms with van der Waals surface area (Å²) in [4.78, 5) is 11.7. The number of anilines is 2. The van der Waals surface area contributed by atoms with E-state index >= 15 is 0 Å². The zero-order chi connectivity index (χ0) is 25.4. The summed E-state index contributed by atoms with van der Waals surface area (Å²) in [7, 11) is -3.75. The van der Waals surface area contributed by atoms with E-state index in [2.05, 4.69) is 9.97 Å². The number of nitrogens with zero attached hydrogens (tertiary/aromatic N) is 4. The van der Waals surface area contributed by atoms with Gasteiger partial charge < -0.3 is 9.80 Å². The molecule has 1 aromatic carbocycles. The van der Waals surface area contributed by atoms with Gasteiger partial charge in [-0.2, -0.15) is 13.2 Å². The Balaban J connectivity index is 1.96. The minimum absolute atomic E-state index is 0.0318. The molecule has 0 N–H and O–H groups in total. The van der Waals surface area contributed by atoms with Crippen molar-refractivity contribution in [2.45, 2.75) is 51.2 Å². The zero-order valence-electron chi connectivity index (χ0n) is 19.9. The van der Waals surface area contributed by atoms with Crippen LogP contribution in [0.1, 0.15) is 39.1 Å². The summed E-state index contributed by atoms with van der Waals surface area (Å²) in [6.45, 7) is 8.85. The summed E-state index contributed by atoms with van der Waals surface area (Å²) in [5.41, 5.74) is -0.0828. The molecule has 1 aromatic heterocycles. The monoisotopic (exact) mass is 502 g/mol. The van der Waals surface area contributed by atoms with Crippen LogP contribution in [0.25, 0.3) is 0 Å². The van der Waals surface area contributed by atoms with Crippen molar-refractivity contribution in [1.82, 2.24) is 9.97 Å². The highest BCUT2D eigenvalue weighted by atomic mass is 32.2. The van der Waals surface area contributed by atoms with Gasteiger partial charge in [-0.1, -0.05) is 27.7 Å². The first-order valence-corrected chi connectivity index (χ1v) is 13.0. The fourth-order valence-corrected chi connectivity index (χ4v) is 4.87. The number of aromatic nitrogens is 2. The van der Waals surface area contributed by atoms with Crippen LogP contribution in [0, 0.1) is 17.7 Å². The number of alkyl halides is 3. The average Bonchev–Trinajstić information content (AvgIpc) is 2.71. The maximum absolute atomic E-state index is 14.1. The molecule has 3 rings (SSSR count). The van der Waals surface area contributed by atoms with Gasteiger partial charge >= 0.3 is 6.18 Å². The van der Waals surface area contributed by atoms with Crippen molar-refractivity contribution in [2.75, 3.05) is 35.7 Å². The molecule has 1 aliphatic rings. The minimum atomic E-state index is -4.59. The molecule has 0 unspecified atom stereocenters.